The molecule has 0 aliphatic rings. The fraction of sp³-hybridized carbons (Fsp3) is 0.0417. The maximum absolute atomic E-state index is 12.5. The number of rotatable bonds is 6. The molecule has 0 unspecified atom stereocenters. The van der Waals surface area contributed by atoms with E-state index in [9.17, 15) is 15.3 Å². The zero-order chi connectivity index (χ0) is 23.1. The van der Waals surface area contributed by atoms with Crippen molar-refractivity contribution >= 4 is 56.8 Å². The molecule has 5 nitrogen and oxygen atoms in total. The van der Waals surface area contributed by atoms with E-state index in [2.05, 4.69) is 27.3 Å². The van der Waals surface area contributed by atoms with Crippen LogP contribution in [0.1, 0.15) is 16.7 Å². The molecule has 0 aliphatic heterocycles. The molecule has 3 aromatic rings. The molecule has 3 aromatic carbocycles. The molecule has 0 saturated heterocycles. The van der Waals surface area contributed by atoms with Gasteiger partial charge in [-0.1, -0.05) is 47.5 Å². The molecule has 32 heavy (non-hydrogen) atoms. The van der Waals surface area contributed by atoms with Gasteiger partial charge in [-0.05, 0) is 64.0 Å². The molecule has 158 valence electrons. The number of hydrogen-bond donors (Lipinski definition) is 1. The Labute approximate surface area is 203 Å². The second-order valence-corrected chi connectivity index (χ2v) is 8.17. The summed E-state index contributed by atoms with van der Waals surface area (Å²) < 4.78 is 6.45. The zero-order valence-electron chi connectivity index (χ0n) is 16.4. The first kappa shape index (κ1) is 23.4. The van der Waals surface area contributed by atoms with Gasteiger partial charge in [-0.15, -0.1) is 0 Å². The summed E-state index contributed by atoms with van der Waals surface area (Å²) in [6.07, 6.45) is 1.46. The molecule has 3 rings (SSSR count). The normalized spacial score (nSPS) is 10.7. The van der Waals surface area contributed by atoms with Gasteiger partial charge in [-0.3, -0.25) is 4.79 Å². The van der Waals surface area contributed by atoms with E-state index in [0.717, 1.165) is 5.56 Å². The van der Waals surface area contributed by atoms with Crippen LogP contribution in [0.2, 0.25) is 10.0 Å². The van der Waals surface area contributed by atoms with E-state index in [1.807, 2.05) is 18.2 Å². The van der Waals surface area contributed by atoms with Gasteiger partial charge < -0.3 is 10.1 Å². The summed E-state index contributed by atoms with van der Waals surface area (Å²) in [6.45, 7) is 0.229. The minimum Gasteiger partial charge on any atom is -0.488 e. The van der Waals surface area contributed by atoms with Crippen molar-refractivity contribution in [1.29, 1.82) is 10.5 Å². The quantitative estimate of drug-likeness (QED) is 0.284. The molecule has 0 spiro atoms. The van der Waals surface area contributed by atoms with Crippen molar-refractivity contribution in [1.82, 2.24) is 0 Å². The summed E-state index contributed by atoms with van der Waals surface area (Å²) in [6, 6.07) is 21.1. The van der Waals surface area contributed by atoms with Crippen molar-refractivity contribution < 1.29 is 9.53 Å². The molecule has 1 N–H and O–H groups in total. The molecule has 0 fully saturated rings. The Bertz CT molecular complexity index is 1290. The third-order valence-corrected chi connectivity index (χ3v) is 5.69. The van der Waals surface area contributed by atoms with Crippen molar-refractivity contribution in [2.75, 3.05) is 5.32 Å². The minimum atomic E-state index is -0.574. The fourth-order valence-electron chi connectivity index (χ4n) is 2.72. The maximum Gasteiger partial charge on any atom is 0.266 e. The average molecular weight is 527 g/mol. The van der Waals surface area contributed by atoms with Gasteiger partial charge in [0.25, 0.3) is 5.91 Å². The number of nitrogens with one attached hydrogen (secondary N) is 1. The van der Waals surface area contributed by atoms with Crippen LogP contribution in [0.25, 0.3) is 6.08 Å². The third-order valence-electron chi connectivity index (χ3n) is 4.33. The summed E-state index contributed by atoms with van der Waals surface area (Å²) in [5.41, 5.74) is 2.29. The molecule has 0 bridgehead atoms. The lowest BCUT2D eigenvalue weighted by Gasteiger charge is -2.10. The van der Waals surface area contributed by atoms with Crippen molar-refractivity contribution in [2.24, 2.45) is 0 Å². The number of carbonyl (C=O) groups excluding carboxylic acids is 1. The Morgan fingerprint density at radius 2 is 1.84 bits per heavy atom. The Morgan fingerprint density at radius 3 is 2.53 bits per heavy atom. The number of amides is 1. The van der Waals surface area contributed by atoms with Crippen molar-refractivity contribution in [3.63, 3.8) is 0 Å². The second kappa shape index (κ2) is 10.8. The highest BCUT2D eigenvalue weighted by Crippen LogP contribution is 2.29. The average Bonchev–Trinajstić information content (AvgIpc) is 2.79. The second-order valence-electron chi connectivity index (χ2n) is 6.50. The van der Waals surface area contributed by atoms with Gasteiger partial charge in [0.2, 0.25) is 0 Å². The first-order valence-corrected chi connectivity index (χ1v) is 10.7. The molecule has 0 radical (unpaired) electrons. The van der Waals surface area contributed by atoms with Crippen LogP contribution in [0, 0.1) is 22.7 Å². The summed E-state index contributed by atoms with van der Waals surface area (Å²) in [4.78, 5) is 12.5. The monoisotopic (exact) mass is 525 g/mol. The Hall–Kier alpha value is -3.29. The van der Waals surface area contributed by atoms with E-state index in [1.54, 1.807) is 42.5 Å². The van der Waals surface area contributed by atoms with Gasteiger partial charge in [0.1, 0.15) is 24.0 Å². The van der Waals surface area contributed by atoms with E-state index in [-0.39, 0.29) is 12.2 Å². The lowest BCUT2D eigenvalue weighted by molar-refractivity contribution is -0.112. The topological polar surface area (TPSA) is 85.9 Å². The summed E-state index contributed by atoms with van der Waals surface area (Å²) in [7, 11) is 0. The van der Waals surface area contributed by atoms with Crippen LogP contribution in [-0.4, -0.2) is 5.91 Å². The Kier molecular flexibility index (Phi) is 7.92. The van der Waals surface area contributed by atoms with Crippen LogP contribution in [0.15, 0.2) is 70.7 Å². The predicted octanol–water partition coefficient (Wildman–Crippen LogP) is 6.75. The van der Waals surface area contributed by atoms with Crippen molar-refractivity contribution in [3.8, 4) is 17.9 Å². The van der Waals surface area contributed by atoms with E-state index in [0.29, 0.717) is 37.1 Å². The number of nitrogens with zero attached hydrogens (tertiary/aromatic N) is 2. The van der Waals surface area contributed by atoms with Crippen LogP contribution < -0.4 is 10.1 Å². The van der Waals surface area contributed by atoms with Gasteiger partial charge in [0.15, 0.2) is 0 Å². The van der Waals surface area contributed by atoms with Crippen LogP contribution in [-0.2, 0) is 11.4 Å². The highest BCUT2D eigenvalue weighted by Gasteiger charge is 2.12. The molecule has 0 aromatic heterocycles. The molecular weight excluding hydrogens is 513 g/mol. The SMILES string of the molecule is N#C/C(=C\c1ccc(OCc2ccccc2C#N)c(Br)c1)C(=O)Nc1ccc(Cl)c(Cl)c1. The van der Waals surface area contributed by atoms with Gasteiger partial charge in [0.05, 0.1) is 26.2 Å². The zero-order valence-corrected chi connectivity index (χ0v) is 19.5. The fourth-order valence-corrected chi connectivity index (χ4v) is 3.53. The number of halogens is 3. The predicted molar refractivity (Wildman–Crippen MR) is 128 cm³/mol. The lowest BCUT2D eigenvalue weighted by Crippen LogP contribution is -2.13. The molecule has 0 saturated carbocycles. The summed E-state index contributed by atoms with van der Waals surface area (Å²) in [5, 5.41) is 21.9. The highest BCUT2D eigenvalue weighted by molar-refractivity contribution is 9.10. The third kappa shape index (κ3) is 5.90. The lowest BCUT2D eigenvalue weighted by atomic mass is 10.1. The number of nitriles is 2. The number of hydrogen-bond acceptors (Lipinski definition) is 4. The number of anilines is 1. The smallest absolute Gasteiger partial charge is 0.266 e. The van der Waals surface area contributed by atoms with Crippen LogP contribution in [0.4, 0.5) is 5.69 Å². The van der Waals surface area contributed by atoms with E-state index in [1.165, 1.54) is 12.1 Å². The Morgan fingerprint density at radius 1 is 1.06 bits per heavy atom. The highest BCUT2D eigenvalue weighted by atomic mass is 79.9. The van der Waals surface area contributed by atoms with Gasteiger partial charge in [-0.25, -0.2) is 0 Å². The molecule has 8 heteroatoms. The van der Waals surface area contributed by atoms with Crippen LogP contribution in [0.5, 0.6) is 5.75 Å². The molecular formula is C24H14BrCl2N3O2. The van der Waals surface area contributed by atoms with E-state index < -0.39 is 5.91 Å². The first-order chi connectivity index (χ1) is 15.4. The largest absolute Gasteiger partial charge is 0.488 e. The molecule has 1 amide bonds. The maximum atomic E-state index is 12.5. The van der Waals surface area contributed by atoms with Gasteiger partial charge in [-0.2, -0.15) is 10.5 Å². The van der Waals surface area contributed by atoms with E-state index >= 15 is 0 Å². The minimum absolute atomic E-state index is 0.0837. The first-order valence-electron chi connectivity index (χ1n) is 9.20. The van der Waals surface area contributed by atoms with Gasteiger partial charge >= 0.3 is 0 Å². The number of carbonyl (C=O) groups is 1. The number of ether oxygens (including phenoxy) is 1. The summed E-state index contributed by atoms with van der Waals surface area (Å²) >= 11 is 15.3. The Balaban J connectivity index is 1.73. The standard InChI is InChI=1S/C24H14BrCl2N3O2/c25-20-10-15(5-8-23(20)32-14-17-4-2-1-3-16(17)12-28)9-18(13-29)24(31)30-19-6-7-21(26)22(27)11-19/h1-11H,14H2,(H,30,31)/b18-9+. The molecule has 0 atom stereocenters. The van der Waals surface area contributed by atoms with Crippen molar-refractivity contribution in [2.45, 2.75) is 6.61 Å². The van der Waals surface area contributed by atoms with Gasteiger partial charge in [0, 0.05) is 11.3 Å². The van der Waals surface area contributed by atoms with Crippen LogP contribution in [0.3, 0.4) is 0 Å². The van der Waals surface area contributed by atoms with E-state index in [4.69, 9.17) is 27.9 Å². The van der Waals surface area contributed by atoms with Crippen LogP contribution >= 0.6 is 39.1 Å². The molecule has 0 heterocycles. The van der Waals surface area contributed by atoms with Crippen molar-refractivity contribution in [3.05, 3.63) is 97.4 Å². The summed E-state index contributed by atoms with van der Waals surface area (Å²) in [5.74, 6) is -0.0101. The molecule has 0 aliphatic carbocycles. The number of benzene rings is 3.